The van der Waals surface area contributed by atoms with Gasteiger partial charge in [0.25, 0.3) is 6.47 Å². The van der Waals surface area contributed by atoms with Crippen molar-refractivity contribution in [2.24, 2.45) is 0 Å². The summed E-state index contributed by atoms with van der Waals surface area (Å²) < 4.78 is 12.6. The molecule has 6 nitrogen and oxygen atoms in total. The van der Waals surface area contributed by atoms with Gasteiger partial charge in [0.2, 0.25) is 0 Å². The number of halogens is 1. The van der Waals surface area contributed by atoms with Gasteiger partial charge in [-0.25, -0.2) is 4.39 Å². The third kappa shape index (κ3) is 12.4. The first-order valence-electron chi connectivity index (χ1n) is 11.2. The van der Waals surface area contributed by atoms with E-state index in [1.165, 1.54) is 62.6 Å². The SMILES string of the molecule is C1CCCC1.Cc1ccc(C=O)c(F)c1.Cc1ccc(C=O)c(N2CCCC2)c1.O=CO[O-].[Na+]. The largest absolute Gasteiger partial charge is 1.00 e. The average molecular weight is 482 g/mol. The van der Waals surface area contributed by atoms with Gasteiger partial charge >= 0.3 is 29.6 Å². The Bertz CT molecular complexity index is 861. The molecule has 34 heavy (non-hydrogen) atoms. The molecule has 1 aliphatic carbocycles. The number of benzene rings is 2. The van der Waals surface area contributed by atoms with Gasteiger partial charge in [-0.3, -0.25) is 14.4 Å². The Hall–Kier alpha value is -2.06. The number of hydrogen-bond acceptors (Lipinski definition) is 6. The molecule has 1 aliphatic heterocycles. The summed E-state index contributed by atoms with van der Waals surface area (Å²) in [6.07, 6.45) is 11.4. The van der Waals surface area contributed by atoms with Crippen LogP contribution in [0.15, 0.2) is 36.4 Å². The van der Waals surface area contributed by atoms with Crippen LogP contribution in [0.5, 0.6) is 0 Å². The van der Waals surface area contributed by atoms with Crippen LogP contribution in [-0.2, 0) is 9.68 Å². The van der Waals surface area contributed by atoms with Crippen LogP contribution in [0.1, 0.15) is 76.8 Å². The van der Waals surface area contributed by atoms with Gasteiger partial charge in [0.1, 0.15) is 5.82 Å². The summed E-state index contributed by atoms with van der Waals surface area (Å²) in [5.41, 5.74) is 4.08. The van der Waals surface area contributed by atoms with E-state index in [2.05, 4.69) is 22.8 Å². The van der Waals surface area contributed by atoms with Gasteiger partial charge < -0.3 is 15.0 Å². The minimum Gasteiger partial charge on any atom is -0.662 e. The monoisotopic (exact) mass is 481 g/mol. The maximum atomic E-state index is 12.6. The summed E-state index contributed by atoms with van der Waals surface area (Å²) in [5.74, 6) is -0.449. The molecule has 0 unspecified atom stereocenters. The molecular formula is C26H33FNNaO5. The number of aldehydes is 2. The van der Waals surface area contributed by atoms with Crippen molar-refractivity contribution in [2.75, 3.05) is 18.0 Å². The van der Waals surface area contributed by atoms with Crippen molar-refractivity contribution in [1.29, 1.82) is 0 Å². The van der Waals surface area contributed by atoms with Crippen LogP contribution in [0.4, 0.5) is 10.1 Å². The normalized spacial score (nSPS) is 13.5. The molecule has 2 aromatic carbocycles. The predicted molar refractivity (Wildman–Crippen MR) is 125 cm³/mol. The molecule has 2 aliphatic rings. The Morgan fingerprint density at radius 2 is 1.24 bits per heavy atom. The van der Waals surface area contributed by atoms with Crippen molar-refractivity contribution in [2.45, 2.75) is 58.8 Å². The summed E-state index contributed by atoms with van der Waals surface area (Å²) in [5, 5.41) is 8.43. The minimum atomic E-state index is -0.449. The second-order valence-electron chi connectivity index (χ2n) is 7.98. The standard InChI is InChI=1S/C12H15NO.C8H7FO.C5H10.CH2O3.Na/c1-10-4-5-11(9-14)12(8-10)13-6-2-3-7-13;1-6-2-3-7(5-10)8(9)4-6;1-2-4-5-3-1;2-1-4-3;/h4-5,8-9H,2-3,6-7H2,1H3;2-5H,1H3;1-5H2;1,3H;/q;;;;+1/p-1. The van der Waals surface area contributed by atoms with Crippen molar-refractivity contribution in [3.63, 3.8) is 0 Å². The van der Waals surface area contributed by atoms with Gasteiger partial charge in [-0.15, -0.1) is 0 Å². The number of hydrogen-bond donors (Lipinski definition) is 0. The third-order valence-electron chi connectivity index (χ3n) is 5.33. The zero-order chi connectivity index (χ0) is 24.5. The summed E-state index contributed by atoms with van der Waals surface area (Å²) in [7, 11) is 0. The van der Waals surface area contributed by atoms with Gasteiger partial charge in [-0.1, -0.05) is 44.2 Å². The second kappa shape index (κ2) is 19.3. The van der Waals surface area contributed by atoms with Gasteiger partial charge in [-0.2, -0.15) is 0 Å². The summed E-state index contributed by atoms with van der Waals surface area (Å²) in [6, 6.07) is 10.5. The fourth-order valence-corrected chi connectivity index (χ4v) is 3.60. The Balaban J connectivity index is 0.000000475. The van der Waals surface area contributed by atoms with Gasteiger partial charge in [-0.05, 0) is 62.1 Å². The number of rotatable bonds is 4. The topological polar surface area (TPSA) is 86.7 Å². The predicted octanol–water partition coefficient (Wildman–Crippen LogP) is 1.74. The number of anilines is 1. The number of aryl methyl sites for hydroxylation is 2. The molecule has 180 valence electrons. The van der Waals surface area contributed by atoms with Crippen molar-refractivity contribution < 1.29 is 58.5 Å². The van der Waals surface area contributed by atoms with E-state index in [0.29, 0.717) is 6.29 Å². The van der Waals surface area contributed by atoms with E-state index in [1.807, 2.05) is 12.1 Å². The van der Waals surface area contributed by atoms with E-state index in [9.17, 15) is 14.0 Å². The fourth-order valence-electron chi connectivity index (χ4n) is 3.60. The molecule has 0 spiro atoms. The van der Waals surface area contributed by atoms with E-state index in [-0.39, 0.29) is 41.6 Å². The number of carbonyl (C=O) groups excluding carboxylic acids is 3. The molecule has 1 saturated carbocycles. The Labute approximate surface area is 223 Å². The molecule has 0 bridgehead atoms. The van der Waals surface area contributed by atoms with Gasteiger partial charge in [0, 0.05) is 24.3 Å². The van der Waals surface area contributed by atoms with Gasteiger partial charge in [0.15, 0.2) is 12.6 Å². The van der Waals surface area contributed by atoms with Crippen LogP contribution in [0.25, 0.3) is 0 Å². The number of nitrogens with zero attached hydrogens (tertiary/aromatic N) is 1. The quantitative estimate of drug-likeness (QED) is 0.286. The maximum Gasteiger partial charge on any atom is 1.00 e. The first kappa shape index (κ1) is 31.9. The second-order valence-corrected chi connectivity index (χ2v) is 7.98. The van der Waals surface area contributed by atoms with Crippen LogP contribution in [0, 0.1) is 19.7 Å². The van der Waals surface area contributed by atoms with Crippen molar-refractivity contribution in [1.82, 2.24) is 0 Å². The molecule has 8 heteroatoms. The Kier molecular flexibility index (Phi) is 18.1. The zero-order valence-corrected chi connectivity index (χ0v) is 22.4. The molecule has 0 aromatic heterocycles. The molecule has 0 N–H and O–H groups in total. The molecule has 0 amide bonds. The first-order chi connectivity index (χ1) is 16.0. The molecular weight excluding hydrogens is 448 g/mol. The summed E-state index contributed by atoms with van der Waals surface area (Å²) in [4.78, 5) is 34.5. The van der Waals surface area contributed by atoms with E-state index in [4.69, 9.17) is 10.1 Å². The summed E-state index contributed by atoms with van der Waals surface area (Å²) >= 11 is 0. The van der Waals surface area contributed by atoms with E-state index >= 15 is 0 Å². The van der Waals surface area contributed by atoms with Crippen LogP contribution in [0.2, 0.25) is 0 Å². The molecule has 1 heterocycles. The van der Waals surface area contributed by atoms with E-state index in [0.717, 1.165) is 36.2 Å². The van der Waals surface area contributed by atoms with Crippen LogP contribution in [0.3, 0.4) is 0 Å². The molecule has 1 saturated heterocycles. The summed E-state index contributed by atoms with van der Waals surface area (Å²) in [6.45, 7) is 5.83. The molecule has 0 radical (unpaired) electrons. The zero-order valence-electron chi connectivity index (χ0n) is 20.4. The minimum absolute atomic E-state index is 0. The Morgan fingerprint density at radius 1 is 0.794 bits per heavy atom. The average Bonchev–Trinajstić information content (AvgIpc) is 3.57. The fraction of sp³-hybridized carbons (Fsp3) is 0.423. The molecule has 2 aromatic rings. The van der Waals surface area contributed by atoms with Crippen LogP contribution < -0.4 is 39.7 Å². The van der Waals surface area contributed by atoms with Crippen LogP contribution >= 0.6 is 0 Å². The van der Waals surface area contributed by atoms with E-state index in [1.54, 1.807) is 13.0 Å². The molecule has 2 fully saturated rings. The van der Waals surface area contributed by atoms with E-state index < -0.39 is 5.82 Å². The first-order valence-corrected chi connectivity index (χ1v) is 11.2. The maximum absolute atomic E-state index is 12.6. The van der Waals surface area contributed by atoms with Gasteiger partial charge in [0.05, 0.1) is 5.56 Å². The van der Waals surface area contributed by atoms with Crippen molar-refractivity contribution >= 4 is 24.7 Å². The molecule has 0 atom stereocenters. The van der Waals surface area contributed by atoms with Crippen molar-refractivity contribution in [3.8, 4) is 0 Å². The molecule has 4 rings (SSSR count). The van der Waals surface area contributed by atoms with Crippen molar-refractivity contribution in [3.05, 3.63) is 64.5 Å². The Morgan fingerprint density at radius 3 is 1.65 bits per heavy atom. The number of carbonyl (C=O) groups is 3. The third-order valence-corrected chi connectivity index (χ3v) is 5.33. The smallest absolute Gasteiger partial charge is 0.662 e. The van der Waals surface area contributed by atoms with Crippen LogP contribution in [-0.4, -0.2) is 32.1 Å².